The highest BCUT2D eigenvalue weighted by molar-refractivity contribution is 5.80. The first-order valence-corrected chi connectivity index (χ1v) is 37.0. The Bertz CT molecular complexity index is 1540. The van der Waals surface area contributed by atoms with Crippen LogP contribution in [0.5, 0.6) is 0 Å². The van der Waals surface area contributed by atoms with Crippen molar-refractivity contribution >= 4 is 5.91 Å². The van der Waals surface area contributed by atoms with Gasteiger partial charge in [-0.2, -0.15) is 0 Å². The summed E-state index contributed by atoms with van der Waals surface area (Å²) < 4.78 is 11.2. The first-order valence-electron chi connectivity index (χ1n) is 37.0. The lowest BCUT2D eigenvalue weighted by Crippen LogP contribution is -2.60. The Hall–Kier alpha value is -1.93. The van der Waals surface area contributed by atoms with Gasteiger partial charge in [0.15, 0.2) is 6.29 Å². The Balaban J connectivity index is 2.21. The monoisotopic (exact) mass is 1220 g/mol. The Morgan fingerprint density at radius 2 is 0.698 bits per heavy atom. The second-order valence-corrected chi connectivity index (χ2v) is 26.0. The van der Waals surface area contributed by atoms with Gasteiger partial charge in [0.2, 0.25) is 5.91 Å². The zero-order valence-corrected chi connectivity index (χ0v) is 56.1. The van der Waals surface area contributed by atoms with Gasteiger partial charge in [-0.05, 0) is 89.9 Å². The molecule has 0 aromatic rings. The molecule has 1 amide bonds. The smallest absolute Gasteiger partial charge is 0.249 e. The third-order valence-corrected chi connectivity index (χ3v) is 17.8. The molecule has 0 saturated carbocycles. The molecule has 0 radical (unpaired) electrons. The van der Waals surface area contributed by atoms with Crippen LogP contribution in [0.25, 0.3) is 0 Å². The number of unbranched alkanes of at least 4 members (excludes halogenated alkanes) is 45. The van der Waals surface area contributed by atoms with Crippen LogP contribution in [-0.4, -0.2) is 110 Å². The van der Waals surface area contributed by atoms with Gasteiger partial charge in [0, 0.05) is 0 Å². The molecule has 0 aromatic carbocycles. The Morgan fingerprint density at radius 3 is 1.03 bits per heavy atom. The molecule has 11 heteroatoms. The van der Waals surface area contributed by atoms with Crippen LogP contribution in [0.4, 0.5) is 0 Å². The normalized spacial score (nSPS) is 19.0. The summed E-state index contributed by atoms with van der Waals surface area (Å²) in [6.45, 7) is 3.49. The number of aliphatic hydroxyl groups excluding tert-OH is 7. The molecule has 86 heavy (non-hydrogen) atoms. The maximum absolute atomic E-state index is 13.3. The highest BCUT2D eigenvalue weighted by Gasteiger charge is 2.44. The minimum Gasteiger partial charge on any atom is -0.394 e. The number of amides is 1. The molecule has 506 valence electrons. The lowest BCUT2D eigenvalue weighted by Gasteiger charge is -2.40. The Kier molecular flexibility index (Phi) is 60.3. The van der Waals surface area contributed by atoms with E-state index in [2.05, 4.69) is 67.8 Å². The van der Waals surface area contributed by atoms with E-state index in [9.17, 15) is 40.5 Å². The van der Waals surface area contributed by atoms with Crippen molar-refractivity contribution in [1.29, 1.82) is 0 Å². The third kappa shape index (κ3) is 49.8. The van der Waals surface area contributed by atoms with Gasteiger partial charge in [0.25, 0.3) is 0 Å². The van der Waals surface area contributed by atoms with E-state index in [0.29, 0.717) is 19.3 Å². The topological polar surface area (TPSA) is 189 Å². The molecule has 9 atom stereocenters. The molecule has 11 nitrogen and oxygen atoms in total. The van der Waals surface area contributed by atoms with Crippen LogP contribution in [0.2, 0.25) is 0 Å². The van der Waals surface area contributed by atoms with Crippen LogP contribution >= 0.6 is 0 Å². The molecule has 1 heterocycles. The largest absolute Gasteiger partial charge is 0.394 e. The summed E-state index contributed by atoms with van der Waals surface area (Å²) in [5, 5.41) is 76.5. The summed E-state index contributed by atoms with van der Waals surface area (Å²) in [7, 11) is 0. The molecule has 1 rings (SSSR count). The van der Waals surface area contributed by atoms with E-state index in [1.54, 1.807) is 0 Å². The van der Waals surface area contributed by atoms with E-state index in [0.717, 1.165) is 44.9 Å². The van der Waals surface area contributed by atoms with Gasteiger partial charge in [-0.25, -0.2) is 0 Å². The van der Waals surface area contributed by atoms with Gasteiger partial charge >= 0.3 is 0 Å². The number of aliphatic hydroxyl groups is 7. The summed E-state index contributed by atoms with van der Waals surface area (Å²) in [6.07, 6.45) is 72.1. The molecule has 0 bridgehead atoms. The van der Waals surface area contributed by atoms with Gasteiger partial charge in [0.1, 0.15) is 36.6 Å². The number of carbonyl (C=O) groups excluding carboxylic acids is 1. The highest BCUT2D eigenvalue weighted by Crippen LogP contribution is 2.24. The summed E-state index contributed by atoms with van der Waals surface area (Å²) in [5.41, 5.74) is 0. The lowest BCUT2D eigenvalue weighted by molar-refractivity contribution is -0.303. The minimum atomic E-state index is -1.68. The Morgan fingerprint density at radius 1 is 0.395 bits per heavy atom. The molecule has 1 saturated heterocycles. The van der Waals surface area contributed by atoms with Gasteiger partial charge in [-0.15, -0.1) is 0 Å². The van der Waals surface area contributed by atoms with Gasteiger partial charge < -0.3 is 50.5 Å². The fourth-order valence-corrected chi connectivity index (χ4v) is 11.9. The molecule has 0 aliphatic carbocycles. The van der Waals surface area contributed by atoms with Gasteiger partial charge in [-0.3, -0.25) is 4.79 Å². The number of ether oxygens (including phenoxy) is 2. The molecule has 1 fully saturated rings. The van der Waals surface area contributed by atoms with E-state index in [1.165, 1.54) is 263 Å². The number of hydrogen-bond acceptors (Lipinski definition) is 10. The van der Waals surface area contributed by atoms with E-state index >= 15 is 0 Å². The maximum Gasteiger partial charge on any atom is 0.249 e. The quantitative estimate of drug-likeness (QED) is 0.0215. The SMILES string of the molecule is CCCCCCCCCCCCCC/C=C\CCCCCCCCCCCCCCCCC(O)C(=O)NC(COC1OC(CO)C(O)C(O)C1O)C(O)C(O)CCC/C=C/CC/C=C/CC/C=C/CCCCCCCCCCCCCCCCCC. The second-order valence-electron chi connectivity index (χ2n) is 26.0. The summed E-state index contributed by atoms with van der Waals surface area (Å²) in [5.74, 6) is -0.708. The summed E-state index contributed by atoms with van der Waals surface area (Å²) in [4.78, 5) is 13.3. The first-order chi connectivity index (χ1) is 42.2. The predicted octanol–water partition coefficient (Wildman–Crippen LogP) is 18.3. The van der Waals surface area contributed by atoms with E-state index < -0.39 is 74.2 Å². The van der Waals surface area contributed by atoms with Crippen molar-refractivity contribution in [2.24, 2.45) is 0 Å². The molecule has 9 unspecified atom stereocenters. The lowest BCUT2D eigenvalue weighted by atomic mass is 9.98. The number of nitrogens with one attached hydrogen (secondary N) is 1. The average molecular weight is 1220 g/mol. The molecule has 1 aliphatic heterocycles. The fraction of sp³-hybridized carbons (Fsp3) is 0.880. The second kappa shape index (κ2) is 63.2. The minimum absolute atomic E-state index is 0.241. The highest BCUT2D eigenvalue weighted by atomic mass is 16.7. The number of carbonyl (C=O) groups is 1. The number of hydrogen-bond donors (Lipinski definition) is 8. The third-order valence-electron chi connectivity index (χ3n) is 17.8. The standard InChI is InChI=1S/C75H141NO10/c1-3-5-7-9-11-13-15-17-19-21-23-25-27-29-31-33-35-37-39-41-43-45-47-49-51-53-55-57-59-61-63-68(79)74(84)76-66(65-85-75-73(83)72(82)71(81)69(64-77)86-75)70(80)67(78)62-60-58-56-54-52-50-48-46-44-42-40-38-36-34-32-30-28-26-24-22-20-18-16-14-12-10-8-6-4-2/h29,31,38,40,46,48,54,56,66-73,75,77-83H,3-28,30,32-37,39,41-45,47,49-53,55,57-65H2,1-2H3,(H,76,84)/b31-29-,40-38+,48-46+,56-54+. The first kappa shape index (κ1) is 82.1. The number of allylic oxidation sites excluding steroid dienone is 8. The van der Waals surface area contributed by atoms with Crippen LogP contribution in [-0.2, 0) is 14.3 Å². The van der Waals surface area contributed by atoms with Crippen molar-refractivity contribution in [2.75, 3.05) is 13.2 Å². The summed E-state index contributed by atoms with van der Waals surface area (Å²) >= 11 is 0. The number of rotatable bonds is 65. The van der Waals surface area contributed by atoms with Crippen LogP contribution < -0.4 is 5.32 Å². The van der Waals surface area contributed by atoms with E-state index in [1.807, 2.05) is 0 Å². The van der Waals surface area contributed by atoms with Crippen molar-refractivity contribution in [3.63, 3.8) is 0 Å². The van der Waals surface area contributed by atoms with Gasteiger partial charge in [0.05, 0.1) is 25.4 Å². The van der Waals surface area contributed by atoms with Crippen LogP contribution in [0.1, 0.15) is 354 Å². The molecular formula is C75H141NO10. The molecule has 0 spiro atoms. The molecule has 0 aromatic heterocycles. The van der Waals surface area contributed by atoms with Crippen LogP contribution in [0.15, 0.2) is 48.6 Å². The fourth-order valence-electron chi connectivity index (χ4n) is 11.9. The van der Waals surface area contributed by atoms with Crippen molar-refractivity contribution in [3.8, 4) is 0 Å². The van der Waals surface area contributed by atoms with Crippen LogP contribution in [0.3, 0.4) is 0 Å². The Labute approximate surface area is 529 Å². The molecule has 8 N–H and O–H groups in total. The van der Waals surface area contributed by atoms with Crippen molar-refractivity contribution in [2.45, 2.75) is 409 Å². The van der Waals surface area contributed by atoms with E-state index in [4.69, 9.17) is 9.47 Å². The van der Waals surface area contributed by atoms with Crippen molar-refractivity contribution in [1.82, 2.24) is 5.32 Å². The van der Waals surface area contributed by atoms with E-state index in [-0.39, 0.29) is 12.8 Å². The van der Waals surface area contributed by atoms with Crippen molar-refractivity contribution < 1.29 is 50.0 Å². The molecule has 1 aliphatic rings. The van der Waals surface area contributed by atoms with Gasteiger partial charge in [-0.1, -0.05) is 313 Å². The van der Waals surface area contributed by atoms with Crippen molar-refractivity contribution in [3.05, 3.63) is 48.6 Å². The predicted molar refractivity (Wildman–Crippen MR) is 362 cm³/mol. The average Bonchev–Trinajstić information content (AvgIpc) is 3.00. The van der Waals surface area contributed by atoms with Crippen LogP contribution in [0, 0.1) is 0 Å². The summed E-state index contributed by atoms with van der Waals surface area (Å²) in [6, 6.07) is -1.20. The zero-order valence-electron chi connectivity index (χ0n) is 56.1. The zero-order chi connectivity index (χ0) is 62.4. The maximum atomic E-state index is 13.3. The molecular weight excluding hydrogens is 1070 g/mol.